The Morgan fingerprint density at radius 3 is 2.27 bits per heavy atom. The van der Waals surface area contributed by atoms with Gasteiger partial charge in [0.25, 0.3) is 15.6 Å². The molecule has 2 unspecified atom stereocenters. The van der Waals surface area contributed by atoms with Crippen LogP contribution >= 0.6 is 0 Å². The van der Waals surface area contributed by atoms with Crippen LogP contribution < -0.4 is 27.5 Å². The molecule has 37 heavy (non-hydrogen) atoms. The minimum Gasteiger partial charge on any atom is -0.475 e. The van der Waals surface area contributed by atoms with Gasteiger partial charge < -0.3 is 27.1 Å². The number of rotatable bonds is 9. The number of oxime groups is 1. The number of nitrogens with two attached hydrogens (primary N) is 3. The number of guanidine groups is 1. The Kier molecular flexibility index (Phi) is 10.4. The molecular weight excluding hydrogens is 527 g/mol. The molecule has 0 fully saturated rings. The second-order valence-corrected chi connectivity index (χ2v) is 8.76. The van der Waals surface area contributed by atoms with Crippen LogP contribution in [0.3, 0.4) is 0 Å². The highest BCUT2D eigenvalue weighted by Gasteiger charge is 2.38. The molecule has 0 saturated carbocycles. The normalized spacial score (nSPS) is 12.8. The first-order valence-electron chi connectivity index (χ1n) is 10.0. The van der Waals surface area contributed by atoms with E-state index in [1.54, 1.807) is 13.8 Å². The van der Waals surface area contributed by atoms with Crippen LogP contribution in [-0.2, 0) is 24.4 Å². The van der Waals surface area contributed by atoms with Gasteiger partial charge in [0.2, 0.25) is 11.9 Å². The van der Waals surface area contributed by atoms with Crippen molar-refractivity contribution in [2.45, 2.75) is 43.5 Å². The van der Waals surface area contributed by atoms with Crippen molar-refractivity contribution in [2.75, 3.05) is 4.72 Å². The number of anilines is 1. The molecule has 2 atom stereocenters. The first kappa shape index (κ1) is 30.7. The molecule has 2 rings (SSSR count). The third-order valence-corrected chi connectivity index (χ3v) is 5.72. The largest absolute Gasteiger partial charge is 0.490 e. The van der Waals surface area contributed by atoms with Crippen molar-refractivity contribution < 1.29 is 41.1 Å². The van der Waals surface area contributed by atoms with Crippen molar-refractivity contribution >= 4 is 33.5 Å². The summed E-state index contributed by atoms with van der Waals surface area (Å²) in [6.07, 6.45) is -3.29. The maximum absolute atomic E-state index is 13.1. The van der Waals surface area contributed by atoms with Crippen LogP contribution in [0.1, 0.15) is 25.1 Å². The summed E-state index contributed by atoms with van der Waals surface area (Å²) in [5.41, 5.74) is 15.3. The summed E-state index contributed by atoms with van der Waals surface area (Å²) >= 11 is 0. The summed E-state index contributed by atoms with van der Waals surface area (Å²) in [5.74, 6) is -4.02. The van der Waals surface area contributed by atoms with Gasteiger partial charge in [-0.05, 0) is 42.8 Å². The van der Waals surface area contributed by atoms with E-state index in [4.69, 9.17) is 31.9 Å². The van der Waals surface area contributed by atoms with E-state index in [0.717, 1.165) is 10.8 Å². The maximum Gasteiger partial charge on any atom is 0.490 e. The molecule has 0 saturated heterocycles. The van der Waals surface area contributed by atoms with Crippen LogP contribution in [-0.4, -0.2) is 53.2 Å². The second-order valence-electron chi connectivity index (χ2n) is 7.08. The standard InChI is InChI=1S/C17H23N7O5S.C2HF3O2/c1-3-13(29-22-17(19)20)14(15(18)25)24-10(2)6-7-12(16(24)26)23-30(27,28)11-5-4-8-21-9-11;3-2(4,5)1(6)7/h4-9,13-14,23H,3H2,1-2H3,(H2,18,25)(H4,19,20,22);(H,6,7). The summed E-state index contributed by atoms with van der Waals surface area (Å²) < 4.78 is 60.1. The first-order valence-corrected chi connectivity index (χ1v) is 11.5. The smallest absolute Gasteiger partial charge is 0.475 e. The number of primary amides is 1. The fraction of sp³-hybridized carbons (Fsp3) is 0.316. The van der Waals surface area contributed by atoms with Gasteiger partial charge in [-0.3, -0.25) is 23.9 Å². The third-order valence-electron chi connectivity index (χ3n) is 4.37. The second kappa shape index (κ2) is 12.6. The van der Waals surface area contributed by atoms with Gasteiger partial charge in [-0.2, -0.15) is 13.2 Å². The average molecular weight is 552 g/mol. The lowest BCUT2D eigenvalue weighted by molar-refractivity contribution is -0.192. The van der Waals surface area contributed by atoms with Crippen LogP contribution in [0, 0.1) is 6.92 Å². The number of sulfonamides is 1. The Morgan fingerprint density at radius 1 is 1.24 bits per heavy atom. The van der Waals surface area contributed by atoms with Crippen LogP contribution in [0.2, 0.25) is 0 Å². The lowest BCUT2D eigenvalue weighted by Crippen LogP contribution is -2.43. The number of carboxylic acids is 1. The molecule has 0 aliphatic heterocycles. The highest BCUT2D eigenvalue weighted by Crippen LogP contribution is 2.21. The zero-order chi connectivity index (χ0) is 28.6. The Hall–Kier alpha value is -4.35. The molecule has 1 amide bonds. The van der Waals surface area contributed by atoms with Crippen LogP contribution in [0.5, 0.6) is 0 Å². The summed E-state index contributed by atoms with van der Waals surface area (Å²) in [6.45, 7) is 3.24. The summed E-state index contributed by atoms with van der Waals surface area (Å²) in [6, 6.07) is 4.22. The lowest BCUT2D eigenvalue weighted by Gasteiger charge is -2.26. The Labute approximate surface area is 207 Å². The first-order chi connectivity index (χ1) is 17.0. The minimum absolute atomic E-state index is 0.134. The Bertz CT molecular complexity index is 1300. The number of aromatic nitrogens is 2. The van der Waals surface area contributed by atoms with Gasteiger partial charge >= 0.3 is 12.1 Å². The number of alkyl halides is 3. The lowest BCUT2D eigenvalue weighted by atomic mass is 10.1. The van der Waals surface area contributed by atoms with Gasteiger partial charge in [0.1, 0.15) is 10.6 Å². The van der Waals surface area contributed by atoms with Gasteiger partial charge in [0.15, 0.2) is 12.1 Å². The van der Waals surface area contributed by atoms with E-state index in [0.29, 0.717) is 5.69 Å². The molecular formula is C19H24F3N7O7S. The molecule has 204 valence electrons. The van der Waals surface area contributed by atoms with E-state index in [9.17, 15) is 31.2 Å². The highest BCUT2D eigenvalue weighted by molar-refractivity contribution is 7.92. The number of carbonyl (C=O) groups is 2. The SMILES string of the molecule is CCC(ON=C(N)N)C(C(N)=O)n1c(C)ccc(NS(=O)(=O)c2cccnc2)c1=O.O=C(O)C(F)(F)F. The molecule has 14 nitrogen and oxygen atoms in total. The third kappa shape index (κ3) is 8.67. The summed E-state index contributed by atoms with van der Waals surface area (Å²) in [4.78, 5) is 43.0. The van der Waals surface area contributed by atoms with Gasteiger partial charge in [0.05, 0.1) is 0 Å². The fourth-order valence-electron chi connectivity index (χ4n) is 2.74. The number of halogens is 3. The quantitative estimate of drug-likeness (QED) is 0.159. The van der Waals surface area contributed by atoms with Crippen molar-refractivity contribution in [1.29, 1.82) is 0 Å². The van der Waals surface area contributed by atoms with Crippen molar-refractivity contribution in [2.24, 2.45) is 22.4 Å². The fourth-order valence-corrected chi connectivity index (χ4v) is 3.76. The summed E-state index contributed by atoms with van der Waals surface area (Å²) in [5, 5.41) is 10.6. The van der Waals surface area contributed by atoms with Crippen molar-refractivity contribution in [3.05, 3.63) is 52.7 Å². The molecule has 8 N–H and O–H groups in total. The Morgan fingerprint density at radius 2 is 1.84 bits per heavy atom. The van der Waals surface area contributed by atoms with Crippen LogP contribution in [0.15, 0.2) is 51.5 Å². The number of carbonyl (C=O) groups excluding carboxylic acids is 1. The average Bonchev–Trinajstić information content (AvgIpc) is 2.80. The predicted octanol–water partition coefficient (Wildman–Crippen LogP) is -0.00418. The molecule has 0 aliphatic carbocycles. The molecule has 0 bridgehead atoms. The molecule has 0 aliphatic rings. The molecule has 0 radical (unpaired) electrons. The van der Waals surface area contributed by atoms with E-state index in [2.05, 4.69) is 14.9 Å². The molecule has 2 aromatic rings. The maximum atomic E-state index is 13.1. The number of hydrogen-bond acceptors (Lipinski definition) is 8. The van der Waals surface area contributed by atoms with Gasteiger partial charge in [0, 0.05) is 18.1 Å². The molecule has 0 spiro atoms. The van der Waals surface area contributed by atoms with Gasteiger partial charge in [-0.1, -0.05) is 6.92 Å². The van der Waals surface area contributed by atoms with Crippen molar-refractivity contribution in [3.8, 4) is 0 Å². The van der Waals surface area contributed by atoms with Crippen LogP contribution in [0.4, 0.5) is 18.9 Å². The number of pyridine rings is 2. The van der Waals surface area contributed by atoms with E-state index >= 15 is 0 Å². The minimum atomic E-state index is -5.08. The predicted molar refractivity (Wildman–Crippen MR) is 123 cm³/mol. The summed E-state index contributed by atoms with van der Waals surface area (Å²) in [7, 11) is -4.09. The molecule has 0 aromatic carbocycles. The highest BCUT2D eigenvalue weighted by atomic mass is 32.2. The van der Waals surface area contributed by atoms with E-state index in [-0.39, 0.29) is 23.0 Å². The topological polar surface area (TPSA) is 235 Å². The van der Waals surface area contributed by atoms with E-state index < -0.39 is 45.8 Å². The molecule has 2 heterocycles. The van der Waals surface area contributed by atoms with Crippen molar-refractivity contribution in [3.63, 3.8) is 0 Å². The number of hydrogen-bond donors (Lipinski definition) is 5. The van der Waals surface area contributed by atoms with Crippen LogP contribution in [0.25, 0.3) is 0 Å². The number of carboxylic acid groups (broad SMARTS) is 1. The van der Waals surface area contributed by atoms with Gasteiger partial charge in [-0.25, -0.2) is 13.2 Å². The Balaban J connectivity index is 0.000000856. The number of nitrogens with zero attached hydrogens (tertiary/aromatic N) is 3. The zero-order valence-electron chi connectivity index (χ0n) is 19.3. The van der Waals surface area contributed by atoms with E-state index in [1.807, 2.05) is 0 Å². The number of aryl methyl sites for hydroxylation is 1. The van der Waals surface area contributed by atoms with Gasteiger partial charge in [-0.15, -0.1) is 0 Å². The number of amides is 1. The number of nitrogens with one attached hydrogen (secondary N) is 1. The molecule has 2 aromatic heterocycles. The molecule has 18 heteroatoms. The number of aliphatic carboxylic acids is 1. The van der Waals surface area contributed by atoms with E-state index in [1.165, 1.54) is 30.5 Å². The van der Waals surface area contributed by atoms with Crippen molar-refractivity contribution in [1.82, 2.24) is 9.55 Å². The monoisotopic (exact) mass is 551 g/mol. The zero-order valence-corrected chi connectivity index (χ0v) is 20.2.